The fraction of sp³-hybridized carbons (Fsp3) is 0.174. The molecule has 3 aromatic rings. The van der Waals surface area contributed by atoms with Crippen LogP contribution in [0.15, 0.2) is 78.9 Å². The van der Waals surface area contributed by atoms with Crippen molar-refractivity contribution in [1.29, 1.82) is 0 Å². The van der Waals surface area contributed by atoms with Crippen molar-refractivity contribution < 1.29 is 13.2 Å². The van der Waals surface area contributed by atoms with Crippen molar-refractivity contribution >= 4 is 33.2 Å². The van der Waals surface area contributed by atoms with E-state index in [0.29, 0.717) is 0 Å². The highest BCUT2D eigenvalue weighted by Crippen LogP contribution is 2.27. The average Bonchev–Trinajstić information content (AvgIpc) is 2.71. The molecule has 30 heavy (non-hydrogen) atoms. The molecule has 3 rings (SSSR count). The summed E-state index contributed by atoms with van der Waals surface area (Å²) >= 11 is 6.18. The van der Waals surface area contributed by atoms with Crippen molar-refractivity contribution in [2.75, 3.05) is 17.1 Å². The van der Waals surface area contributed by atoms with Crippen LogP contribution >= 0.6 is 11.6 Å². The Labute approximate surface area is 182 Å². The maximum absolute atomic E-state index is 12.9. The molecular formula is C23H23ClN2O3S. The fourth-order valence-corrected chi connectivity index (χ4v) is 4.29. The molecule has 0 fully saturated rings. The number of rotatable bonds is 7. The lowest BCUT2D eigenvalue weighted by molar-refractivity contribution is -0.120. The summed E-state index contributed by atoms with van der Waals surface area (Å²) in [6, 6.07) is 23.5. The summed E-state index contributed by atoms with van der Waals surface area (Å²) in [6.07, 6.45) is 1.05. The summed E-state index contributed by atoms with van der Waals surface area (Å²) in [6.45, 7) is 1.62. The number of hydrogen-bond donors (Lipinski definition) is 1. The number of hydrogen-bond acceptors (Lipinski definition) is 3. The molecule has 0 aromatic heterocycles. The zero-order valence-electron chi connectivity index (χ0n) is 16.7. The molecule has 1 amide bonds. The minimum Gasteiger partial charge on any atom is -0.344 e. The van der Waals surface area contributed by atoms with Crippen LogP contribution in [0.2, 0.25) is 5.02 Å². The Bertz CT molecular complexity index is 1120. The highest BCUT2D eigenvalue weighted by atomic mass is 35.5. The van der Waals surface area contributed by atoms with Crippen LogP contribution in [0.3, 0.4) is 0 Å². The first kappa shape index (κ1) is 21.9. The number of nitrogens with one attached hydrogen (secondary N) is 1. The van der Waals surface area contributed by atoms with Crippen LogP contribution in [0, 0.1) is 6.92 Å². The van der Waals surface area contributed by atoms with Gasteiger partial charge in [-0.1, -0.05) is 83.9 Å². The molecule has 3 aromatic carbocycles. The molecule has 0 spiro atoms. The Morgan fingerprint density at radius 3 is 2.10 bits per heavy atom. The van der Waals surface area contributed by atoms with Crippen LogP contribution in [0.5, 0.6) is 0 Å². The van der Waals surface area contributed by atoms with Gasteiger partial charge >= 0.3 is 0 Å². The van der Waals surface area contributed by atoms with Crippen LogP contribution in [0.4, 0.5) is 5.69 Å². The lowest BCUT2D eigenvalue weighted by Crippen LogP contribution is -2.42. The predicted molar refractivity (Wildman–Crippen MR) is 121 cm³/mol. The van der Waals surface area contributed by atoms with E-state index in [1.807, 2.05) is 61.5 Å². The number of carbonyl (C=O) groups excluding carboxylic acids is 1. The number of aryl methyl sites for hydroxylation is 1. The van der Waals surface area contributed by atoms with Gasteiger partial charge in [0.1, 0.15) is 6.54 Å². The summed E-state index contributed by atoms with van der Waals surface area (Å²) in [5, 5.41) is 3.23. The fourth-order valence-electron chi connectivity index (χ4n) is 3.14. The van der Waals surface area contributed by atoms with Gasteiger partial charge in [-0.25, -0.2) is 8.42 Å². The van der Waals surface area contributed by atoms with E-state index in [2.05, 4.69) is 5.32 Å². The first-order chi connectivity index (χ1) is 14.3. The molecule has 0 aliphatic rings. The topological polar surface area (TPSA) is 66.5 Å². The van der Waals surface area contributed by atoms with Crippen molar-refractivity contribution in [2.24, 2.45) is 0 Å². The van der Waals surface area contributed by atoms with Crippen molar-refractivity contribution in [3.63, 3.8) is 0 Å². The van der Waals surface area contributed by atoms with Crippen LogP contribution in [0.25, 0.3) is 0 Å². The van der Waals surface area contributed by atoms with Crippen LogP contribution in [-0.4, -0.2) is 27.1 Å². The second-order valence-electron chi connectivity index (χ2n) is 7.04. The van der Waals surface area contributed by atoms with Gasteiger partial charge in [0.2, 0.25) is 15.9 Å². The average molecular weight is 443 g/mol. The Kier molecular flexibility index (Phi) is 6.80. The highest BCUT2D eigenvalue weighted by molar-refractivity contribution is 7.92. The third-order valence-electron chi connectivity index (χ3n) is 4.66. The van der Waals surface area contributed by atoms with Crippen LogP contribution in [0.1, 0.15) is 22.7 Å². The maximum atomic E-state index is 12.9. The van der Waals surface area contributed by atoms with Crippen molar-refractivity contribution in [2.45, 2.75) is 13.0 Å². The van der Waals surface area contributed by atoms with E-state index < -0.39 is 22.0 Å². The largest absolute Gasteiger partial charge is 0.344 e. The first-order valence-corrected chi connectivity index (χ1v) is 11.6. The van der Waals surface area contributed by atoms with Gasteiger partial charge in [0.05, 0.1) is 23.0 Å². The first-order valence-electron chi connectivity index (χ1n) is 9.39. The van der Waals surface area contributed by atoms with E-state index in [4.69, 9.17) is 11.6 Å². The zero-order chi connectivity index (χ0) is 21.7. The van der Waals surface area contributed by atoms with Crippen molar-refractivity contribution in [1.82, 2.24) is 5.32 Å². The molecule has 7 heteroatoms. The van der Waals surface area contributed by atoms with Gasteiger partial charge in [-0.3, -0.25) is 9.10 Å². The molecule has 1 atom stereocenters. The number of anilines is 1. The molecule has 0 aliphatic heterocycles. The summed E-state index contributed by atoms with van der Waals surface area (Å²) in [7, 11) is -3.72. The molecule has 0 saturated heterocycles. The third kappa shape index (κ3) is 5.40. The number of halogens is 1. The van der Waals surface area contributed by atoms with Gasteiger partial charge < -0.3 is 5.32 Å². The van der Waals surface area contributed by atoms with E-state index in [9.17, 15) is 13.2 Å². The van der Waals surface area contributed by atoms with E-state index >= 15 is 0 Å². The minimum absolute atomic E-state index is 0.258. The van der Waals surface area contributed by atoms with Crippen LogP contribution in [-0.2, 0) is 14.8 Å². The maximum Gasteiger partial charge on any atom is 0.241 e. The standard InChI is InChI=1S/C23H23ClN2O3S/c1-17-12-14-19(15-13-17)23(18-8-4-3-5-9-18)25-22(27)16-26(30(2,28)29)21-11-7-6-10-20(21)24/h3-15,23H,16H2,1-2H3,(H,25,27)/t23-/m1/s1. The Morgan fingerprint density at radius 1 is 0.933 bits per heavy atom. The smallest absolute Gasteiger partial charge is 0.241 e. The second-order valence-corrected chi connectivity index (χ2v) is 9.36. The molecule has 0 unspecified atom stereocenters. The summed E-state index contributed by atoms with van der Waals surface area (Å²) < 4.78 is 25.8. The van der Waals surface area contributed by atoms with Gasteiger partial charge in [0.15, 0.2) is 0 Å². The number of benzene rings is 3. The van der Waals surface area contributed by atoms with E-state index in [1.165, 1.54) is 0 Å². The number of para-hydroxylation sites is 1. The molecule has 0 saturated carbocycles. The second kappa shape index (κ2) is 9.32. The minimum atomic E-state index is -3.72. The van der Waals surface area contributed by atoms with Gasteiger partial charge in [0, 0.05) is 0 Å². The molecule has 156 valence electrons. The Balaban J connectivity index is 1.89. The quantitative estimate of drug-likeness (QED) is 0.592. The molecule has 1 N–H and O–H groups in total. The molecule has 0 heterocycles. The molecule has 0 radical (unpaired) electrons. The van der Waals surface area contributed by atoms with Gasteiger partial charge in [-0.15, -0.1) is 0 Å². The number of sulfonamides is 1. The normalized spacial score (nSPS) is 12.2. The summed E-state index contributed by atoms with van der Waals surface area (Å²) in [5.41, 5.74) is 3.18. The summed E-state index contributed by atoms with van der Waals surface area (Å²) in [5.74, 6) is -0.435. The number of carbonyl (C=O) groups is 1. The van der Waals surface area contributed by atoms with Gasteiger partial charge in [-0.05, 0) is 30.2 Å². The number of amides is 1. The Morgan fingerprint density at radius 2 is 1.50 bits per heavy atom. The van der Waals surface area contributed by atoms with E-state index in [0.717, 1.165) is 27.3 Å². The molecule has 0 bridgehead atoms. The SMILES string of the molecule is Cc1ccc([C@H](NC(=O)CN(c2ccccc2Cl)S(C)(=O)=O)c2ccccc2)cc1. The van der Waals surface area contributed by atoms with Gasteiger partial charge in [-0.2, -0.15) is 0 Å². The van der Waals surface area contributed by atoms with Crippen molar-refractivity contribution in [3.8, 4) is 0 Å². The lowest BCUT2D eigenvalue weighted by Gasteiger charge is -2.25. The summed E-state index contributed by atoms with van der Waals surface area (Å²) in [4.78, 5) is 12.9. The van der Waals surface area contributed by atoms with E-state index in [1.54, 1.807) is 24.3 Å². The lowest BCUT2D eigenvalue weighted by atomic mass is 9.98. The molecule has 5 nitrogen and oxygen atoms in total. The van der Waals surface area contributed by atoms with Gasteiger partial charge in [0.25, 0.3) is 0 Å². The van der Waals surface area contributed by atoms with Crippen molar-refractivity contribution in [3.05, 3.63) is 101 Å². The highest BCUT2D eigenvalue weighted by Gasteiger charge is 2.25. The predicted octanol–water partition coefficient (Wildman–Crippen LogP) is 4.32. The monoisotopic (exact) mass is 442 g/mol. The third-order valence-corrected chi connectivity index (χ3v) is 6.10. The Hall–Kier alpha value is -2.83. The molecular weight excluding hydrogens is 420 g/mol. The zero-order valence-corrected chi connectivity index (χ0v) is 18.3. The molecule has 0 aliphatic carbocycles. The van der Waals surface area contributed by atoms with Crippen LogP contribution < -0.4 is 9.62 Å². The van der Waals surface area contributed by atoms with E-state index in [-0.39, 0.29) is 17.3 Å². The number of nitrogens with zero attached hydrogens (tertiary/aromatic N) is 1.